The Morgan fingerprint density at radius 3 is 2.32 bits per heavy atom. The molecule has 4 saturated carbocycles. The van der Waals surface area contributed by atoms with Gasteiger partial charge in [0.15, 0.2) is 0 Å². The molecule has 1 aromatic carbocycles. The first-order valence-electron chi connectivity index (χ1n) is 8.16. The van der Waals surface area contributed by atoms with Gasteiger partial charge in [0, 0.05) is 5.56 Å². The van der Waals surface area contributed by atoms with E-state index in [1.807, 2.05) is 0 Å². The summed E-state index contributed by atoms with van der Waals surface area (Å²) >= 11 is 6.00. The van der Waals surface area contributed by atoms with Gasteiger partial charge in [-0.3, -0.25) is 4.79 Å². The number of esters is 1. The SMILES string of the molecule is O=C(OCc1c(F)cccc1Cl)C12CC3CC(CC(C3)C1)C2. The van der Waals surface area contributed by atoms with Crippen molar-refractivity contribution < 1.29 is 13.9 Å². The van der Waals surface area contributed by atoms with Gasteiger partial charge in [0.25, 0.3) is 0 Å². The van der Waals surface area contributed by atoms with Crippen LogP contribution in [0.15, 0.2) is 18.2 Å². The minimum absolute atomic E-state index is 0.0634. The molecule has 118 valence electrons. The highest BCUT2D eigenvalue weighted by Gasteiger charge is 2.55. The van der Waals surface area contributed by atoms with E-state index in [0.717, 1.165) is 19.3 Å². The lowest BCUT2D eigenvalue weighted by Gasteiger charge is -2.55. The van der Waals surface area contributed by atoms with Crippen LogP contribution < -0.4 is 0 Å². The van der Waals surface area contributed by atoms with Gasteiger partial charge in [-0.05, 0) is 68.4 Å². The molecule has 0 unspecified atom stereocenters. The highest BCUT2D eigenvalue weighted by molar-refractivity contribution is 6.31. The van der Waals surface area contributed by atoms with Crippen molar-refractivity contribution in [3.8, 4) is 0 Å². The third-order valence-electron chi connectivity index (χ3n) is 5.88. The number of carbonyl (C=O) groups is 1. The van der Waals surface area contributed by atoms with E-state index in [2.05, 4.69) is 0 Å². The minimum atomic E-state index is -0.411. The van der Waals surface area contributed by atoms with Gasteiger partial charge < -0.3 is 4.74 Å². The van der Waals surface area contributed by atoms with Crippen LogP contribution >= 0.6 is 11.6 Å². The Bertz CT molecular complexity index is 558. The van der Waals surface area contributed by atoms with Gasteiger partial charge in [-0.1, -0.05) is 17.7 Å². The van der Waals surface area contributed by atoms with E-state index < -0.39 is 5.82 Å². The van der Waals surface area contributed by atoms with Crippen molar-refractivity contribution in [2.24, 2.45) is 23.2 Å². The van der Waals surface area contributed by atoms with E-state index in [0.29, 0.717) is 22.8 Å². The Labute approximate surface area is 135 Å². The monoisotopic (exact) mass is 322 g/mol. The van der Waals surface area contributed by atoms with E-state index in [9.17, 15) is 9.18 Å². The number of hydrogen-bond acceptors (Lipinski definition) is 2. The van der Waals surface area contributed by atoms with Crippen molar-refractivity contribution in [3.05, 3.63) is 34.6 Å². The van der Waals surface area contributed by atoms with Gasteiger partial charge in [-0.25, -0.2) is 4.39 Å². The molecule has 4 aliphatic rings. The lowest BCUT2D eigenvalue weighted by molar-refractivity contribution is -0.173. The molecule has 0 heterocycles. The molecule has 4 fully saturated rings. The Kier molecular flexibility index (Phi) is 3.44. The molecule has 4 bridgehead atoms. The van der Waals surface area contributed by atoms with E-state index >= 15 is 0 Å². The normalized spacial score (nSPS) is 35.6. The molecule has 2 nitrogen and oxygen atoms in total. The molecule has 4 heteroatoms. The maximum atomic E-state index is 13.8. The van der Waals surface area contributed by atoms with Crippen LogP contribution in [0.1, 0.15) is 44.1 Å². The van der Waals surface area contributed by atoms with Crippen molar-refractivity contribution in [1.29, 1.82) is 0 Å². The van der Waals surface area contributed by atoms with Crippen molar-refractivity contribution in [3.63, 3.8) is 0 Å². The number of rotatable bonds is 3. The van der Waals surface area contributed by atoms with Gasteiger partial charge in [-0.2, -0.15) is 0 Å². The predicted octanol–water partition coefficient (Wildman–Crippen LogP) is 4.74. The average molecular weight is 323 g/mol. The van der Waals surface area contributed by atoms with Gasteiger partial charge in [0.2, 0.25) is 0 Å². The molecule has 0 N–H and O–H groups in total. The fourth-order valence-electron chi connectivity index (χ4n) is 5.32. The van der Waals surface area contributed by atoms with Crippen LogP contribution in [-0.2, 0) is 16.1 Å². The number of carbonyl (C=O) groups excluding carboxylic acids is 1. The Morgan fingerprint density at radius 1 is 1.18 bits per heavy atom. The largest absolute Gasteiger partial charge is 0.460 e. The van der Waals surface area contributed by atoms with Crippen molar-refractivity contribution in [2.75, 3.05) is 0 Å². The summed E-state index contributed by atoms with van der Waals surface area (Å²) in [6.07, 6.45) is 6.73. The first-order chi connectivity index (χ1) is 10.6. The molecular weight excluding hydrogens is 303 g/mol. The van der Waals surface area contributed by atoms with E-state index in [1.54, 1.807) is 12.1 Å². The van der Waals surface area contributed by atoms with Crippen molar-refractivity contribution >= 4 is 17.6 Å². The summed E-state index contributed by atoms with van der Waals surface area (Å²) in [6, 6.07) is 4.53. The summed E-state index contributed by atoms with van der Waals surface area (Å²) in [5.74, 6) is 1.53. The predicted molar refractivity (Wildman–Crippen MR) is 81.8 cm³/mol. The van der Waals surface area contributed by atoms with Crippen LogP contribution in [0.5, 0.6) is 0 Å². The van der Waals surface area contributed by atoms with E-state index in [-0.39, 0.29) is 23.6 Å². The summed E-state index contributed by atoms with van der Waals surface area (Å²) in [5.41, 5.74) is -0.0193. The Balaban J connectivity index is 1.49. The molecule has 0 aromatic heterocycles. The van der Waals surface area contributed by atoms with Gasteiger partial charge in [0.05, 0.1) is 10.4 Å². The number of benzene rings is 1. The molecule has 1 aromatic rings. The topological polar surface area (TPSA) is 26.3 Å². The van der Waals surface area contributed by atoms with Crippen molar-refractivity contribution in [2.45, 2.75) is 45.1 Å². The molecular formula is C18H20ClFO2. The lowest BCUT2D eigenvalue weighted by Crippen LogP contribution is -2.50. The molecule has 0 spiro atoms. The van der Waals surface area contributed by atoms with Crippen LogP contribution in [-0.4, -0.2) is 5.97 Å². The quantitative estimate of drug-likeness (QED) is 0.751. The average Bonchev–Trinajstić information content (AvgIpc) is 2.45. The fraction of sp³-hybridized carbons (Fsp3) is 0.611. The number of hydrogen-bond donors (Lipinski definition) is 0. The first kappa shape index (κ1) is 14.5. The number of halogens is 2. The molecule has 0 amide bonds. The van der Waals surface area contributed by atoms with Crippen LogP contribution in [0.2, 0.25) is 5.02 Å². The highest BCUT2D eigenvalue weighted by Crippen LogP contribution is 2.60. The Hall–Kier alpha value is -1.09. The molecule has 22 heavy (non-hydrogen) atoms. The summed E-state index contributed by atoms with van der Waals surface area (Å²) in [6.45, 7) is -0.0634. The third-order valence-corrected chi connectivity index (χ3v) is 6.23. The maximum Gasteiger partial charge on any atom is 0.312 e. The summed E-state index contributed by atoms with van der Waals surface area (Å²) in [5, 5.41) is 0.318. The molecule has 4 aliphatic carbocycles. The zero-order valence-corrected chi connectivity index (χ0v) is 13.2. The Morgan fingerprint density at radius 2 is 1.77 bits per heavy atom. The second-order valence-corrected chi connectivity index (χ2v) is 7.88. The van der Waals surface area contributed by atoms with Crippen LogP contribution in [0.25, 0.3) is 0 Å². The standard InChI is InChI=1S/C18H20ClFO2/c19-15-2-1-3-16(20)14(15)10-22-17(21)18-7-11-4-12(8-18)6-13(5-11)9-18/h1-3,11-13H,4-10H2. The zero-order valence-electron chi connectivity index (χ0n) is 12.5. The maximum absolute atomic E-state index is 13.8. The van der Waals surface area contributed by atoms with Crippen LogP contribution in [0.4, 0.5) is 4.39 Å². The summed E-state index contributed by atoms with van der Waals surface area (Å²) in [4.78, 5) is 12.7. The van der Waals surface area contributed by atoms with Crippen LogP contribution in [0.3, 0.4) is 0 Å². The molecule has 0 atom stereocenters. The smallest absolute Gasteiger partial charge is 0.312 e. The van der Waals surface area contributed by atoms with Crippen molar-refractivity contribution in [1.82, 2.24) is 0 Å². The van der Waals surface area contributed by atoms with E-state index in [1.165, 1.54) is 25.3 Å². The minimum Gasteiger partial charge on any atom is -0.460 e. The van der Waals surface area contributed by atoms with Gasteiger partial charge in [0.1, 0.15) is 12.4 Å². The second kappa shape index (κ2) is 5.23. The van der Waals surface area contributed by atoms with Gasteiger partial charge in [-0.15, -0.1) is 0 Å². The first-order valence-corrected chi connectivity index (χ1v) is 8.54. The molecule has 5 rings (SSSR count). The molecule has 0 aliphatic heterocycles. The lowest BCUT2D eigenvalue weighted by atomic mass is 9.49. The highest BCUT2D eigenvalue weighted by atomic mass is 35.5. The molecule has 0 saturated heterocycles. The number of ether oxygens (including phenoxy) is 1. The van der Waals surface area contributed by atoms with E-state index in [4.69, 9.17) is 16.3 Å². The fourth-order valence-corrected chi connectivity index (χ4v) is 5.54. The summed E-state index contributed by atoms with van der Waals surface area (Å²) < 4.78 is 19.3. The second-order valence-electron chi connectivity index (χ2n) is 7.47. The summed E-state index contributed by atoms with van der Waals surface area (Å²) in [7, 11) is 0. The zero-order chi connectivity index (χ0) is 15.3. The van der Waals surface area contributed by atoms with Crippen LogP contribution in [0, 0.1) is 29.0 Å². The molecule has 0 radical (unpaired) electrons. The van der Waals surface area contributed by atoms with Gasteiger partial charge >= 0.3 is 5.97 Å². The third kappa shape index (κ3) is 2.34.